The zero-order chi connectivity index (χ0) is 21.5. The molecule has 0 saturated heterocycles. The lowest BCUT2D eigenvalue weighted by atomic mass is 9.49. The van der Waals surface area contributed by atoms with Gasteiger partial charge in [0.2, 0.25) is 0 Å². The first-order valence-corrected chi connectivity index (χ1v) is 13.6. The fraction of sp³-hybridized carbons (Fsp3) is 0.800. The molecule has 0 bridgehead atoms. The molecule has 0 amide bonds. The largest absolute Gasteiger partial charge is 0.0882 e. The van der Waals surface area contributed by atoms with Gasteiger partial charge in [-0.2, -0.15) is 0 Å². The Morgan fingerprint density at radius 2 is 1.73 bits per heavy atom. The van der Waals surface area contributed by atoms with E-state index in [9.17, 15) is 0 Å². The second kappa shape index (κ2) is 11.2. The van der Waals surface area contributed by atoms with Crippen LogP contribution in [0.4, 0.5) is 0 Å². The van der Waals surface area contributed by atoms with Crippen molar-refractivity contribution in [2.75, 3.05) is 0 Å². The van der Waals surface area contributed by atoms with Crippen molar-refractivity contribution in [2.45, 2.75) is 130 Å². The number of unbranched alkanes of at least 4 members (excludes halogenated alkanes) is 2. The van der Waals surface area contributed by atoms with Crippen LogP contribution in [-0.4, -0.2) is 0 Å². The molecule has 0 nitrogen and oxygen atoms in total. The molecule has 0 radical (unpaired) electrons. The van der Waals surface area contributed by atoms with Crippen molar-refractivity contribution in [2.24, 2.45) is 22.7 Å². The summed E-state index contributed by atoms with van der Waals surface area (Å²) in [7, 11) is 0. The molecule has 3 rings (SSSR count). The molecule has 0 spiro atoms. The molecule has 0 heterocycles. The van der Waals surface area contributed by atoms with Gasteiger partial charge in [-0.25, -0.2) is 0 Å². The fourth-order valence-corrected chi connectivity index (χ4v) is 7.42. The van der Waals surface area contributed by atoms with Gasteiger partial charge < -0.3 is 0 Å². The molecule has 3 unspecified atom stereocenters. The SMILES string of the molecule is CCCCC1=C(C2(CCCC)CCC=CC2C2(CC(C)C)C=CCCC2)CCCC1. The summed E-state index contributed by atoms with van der Waals surface area (Å²) in [6, 6.07) is 0. The second-order valence-corrected chi connectivity index (χ2v) is 11.2. The Bertz CT molecular complexity index is 618. The van der Waals surface area contributed by atoms with Gasteiger partial charge in [0.25, 0.3) is 0 Å². The molecule has 0 aromatic carbocycles. The van der Waals surface area contributed by atoms with E-state index in [1.807, 2.05) is 11.1 Å². The lowest BCUT2D eigenvalue weighted by molar-refractivity contribution is 0.0610. The van der Waals surface area contributed by atoms with Crippen molar-refractivity contribution in [1.29, 1.82) is 0 Å². The van der Waals surface area contributed by atoms with Crippen molar-refractivity contribution in [3.8, 4) is 0 Å². The molecule has 3 aliphatic carbocycles. The zero-order valence-electron chi connectivity index (χ0n) is 20.8. The normalized spacial score (nSPS) is 32.2. The highest BCUT2D eigenvalue weighted by Crippen LogP contribution is 2.61. The molecule has 30 heavy (non-hydrogen) atoms. The maximum absolute atomic E-state index is 2.73. The molecule has 170 valence electrons. The summed E-state index contributed by atoms with van der Waals surface area (Å²) in [5.74, 6) is 1.49. The average molecular weight is 411 g/mol. The maximum atomic E-state index is 2.73. The summed E-state index contributed by atoms with van der Waals surface area (Å²) in [6.07, 6.45) is 32.6. The Labute approximate surface area is 188 Å². The third kappa shape index (κ3) is 5.16. The molecule has 0 aliphatic heterocycles. The molecule has 0 aromatic rings. The fourth-order valence-electron chi connectivity index (χ4n) is 7.42. The summed E-state index contributed by atoms with van der Waals surface area (Å²) in [4.78, 5) is 0. The highest BCUT2D eigenvalue weighted by Gasteiger charge is 2.51. The van der Waals surface area contributed by atoms with E-state index in [0.717, 1.165) is 5.92 Å². The third-order valence-electron chi connectivity index (χ3n) is 8.54. The highest BCUT2D eigenvalue weighted by atomic mass is 14.5. The van der Waals surface area contributed by atoms with Crippen molar-refractivity contribution >= 4 is 0 Å². The van der Waals surface area contributed by atoms with Gasteiger partial charge in [-0.1, -0.05) is 82.4 Å². The molecule has 0 saturated carbocycles. The number of hydrogen-bond donors (Lipinski definition) is 0. The van der Waals surface area contributed by atoms with Crippen molar-refractivity contribution in [3.63, 3.8) is 0 Å². The first-order valence-electron chi connectivity index (χ1n) is 13.6. The Hall–Kier alpha value is -0.780. The summed E-state index contributed by atoms with van der Waals surface area (Å²) in [5.41, 5.74) is 4.69. The van der Waals surface area contributed by atoms with E-state index in [2.05, 4.69) is 52.0 Å². The van der Waals surface area contributed by atoms with Crippen LogP contribution < -0.4 is 0 Å². The minimum absolute atomic E-state index is 0.386. The smallest absolute Gasteiger partial charge is 0.00114 e. The van der Waals surface area contributed by atoms with E-state index in [-0.39, 0.29) is 0 Å². The van der Waals surface area contributed by atoms with E-state index in [4.69, 9.17) is 0 Å². The van der Waals surface area contributed by atoms with Gasteiger partial charge in [-0.15, -0.1) is 0 Å². The van der Waals surface area contributed by atoms with Crippen LogP contribution in [0.1, 0.15) is 130 Å². The second-order valence-electron chi connectivity index (χ2n) is 11.2. The van der Waals surface area contributed by atoms with Gasteiger partial charge in [0.05, 0.1) is 0 Å². The van der Waals surface area contributed by atoms with Gasteiger partial charge in [-0.05, 0) is 106 Å². The van der Waals surface area contributed by atoms with Crippen molar-refractivity contribution in [3.05, 3.63) is 35.5 Å². The van der Waals surface area contributed by atoms with E-state index >= 15 is 0 Å². The van der Waals surface area contributed by atoms with E-state index in [1.165, 1.54) is 103 Å². The summed E-state index contributed by atoms with van der Waals surface area (Å²) in [6.45, 7) is 9.68. The van der Waals surface area contributed by atoms with Crippen LogP contribution in [0.2, 0.25) is 0 Å². The zero-order valence-corrected chi connectivity index (χ0v) is 20.8. The van der Waals surface area contributed by atoms with Crippen LogP contribution in [0.15, 0.2) is 35.5 Å². The van der Waals surface area contributed by atoms with Gasteiger partial charge >= 0.3 is 0 Å². The summed E-state index contributed by atoms with van der Waals surface area (Å²) < 4.78 is 0. The molecule has 0 heteroatoms. The van der Waals surface area contributed by atoms with Crippen LogP contribution in [0.25, 0.3) is 0 Å². The Balaban J connectivity index is 2.11. The molecular weight excluding hydrogens is 360 g/mol. The minimum atomic E-state index is 0.386. The molecule has 0 N–H and O–H groups in total. The Morgan fingerprint density at radius 3 is 2.43 bits per heavy atom. The lowest BCUT2D eigenvalue weighted by Crippen LogP contribution is -2.45. The standard InChI is InChI=1S/C30H50/c1-5-7-16-26-17-10-11-18-27(26)30(22-8-6-2)23-15-12-19-28(30)29(24-25(3)4)20-13-9-14-21-29/h12-13,19-20,25,28H,5-11,14-18,21-24H2,1-4H3. The summed E-state index contributed by atoms with van der Waals surface area (Å²) >= 11 is 0. The highest BCUT2D eigenvalue weighted by molar-refractivity contribution is 5.32. The van der Waals surface area contributed by atoms with Crippen LogP contribution in [0, 0.1) is 22.7 Å². The minimum Gasteiger partial charge on any atom is -0.0882 e. The number of hydrogen-bond acceptors (Lipinski definition) is 0. The average Bonchev–Trinajstić information content (AvgIpc) is 2.77. The van der Waals surface area contributed by atoms with Crippen LogP contribution in [-0.2, 0) is 0 Å². The topological polar surface area (TPSA) is 0 Å². The predicted octanol–water partition coefficient (Wildman–Crippen LogP) is 9.96. The van der Waals surface area contributed by atoms with Gasteiger partial charge in [0, 0.05) is 0 Å². The summed E-state index contributed by atoms with van der Waals surface area (Å²) in [5, 5.41) is 0. The number of allylic oxidation sites excluding steroid dienone is 6. The first-order chi connectivity index (χ1) is 14.6. The van der Waals surface area contributed by atoms with E-state index < -0.39 is 0 Å². The number of rotatable bonds is 10. The van der Waals surface area contributed by atoms with Crippen LogP contribution in [0.3, 0.4) is 0 Å². The van der Waals surface area contributed by atoms with Crippen LogP contribution in [0.5, 0.6) is 0 Å². The lowest BCUT2D eigenvalue weighted by Gasteiger charge is -2.55. The molecule has 0 aromatic heterocycles. The van der Waals surface area contributed by atoms with Gasteiger partial charge in [-0.3, -0.25) is 0 Å². The molecule has 3 atom stereocenters. The molecular formula is C30H50. The van der Waals surface area contributed by atoms with Gasteiger partial charge in [0.1, 0.15) is 0 Å². The Kier molecular flexibility index (Phi) is 8.91. The Morgan fingerprint density at radius 1 is 0.933 bits per heavy atom. The molecule has 0 fully saturated rings. The molecule has 3 aliphatic rings. The van der Waals surface area contributed by atoms with E-state index in [0.29, 0.717) is 16.7 Å². The van der Waals surface area contributed by atoms with Gasteiger partial charge in [0.15, 0.2) is 0 Å². The van der Waals surface area contributed by atoms with Crippen LogP contribution >= 0.6 is 0 Å². The van der Waals surface area contributed by atoms with Crippen molar-refractivity contribution < 1.29 is 0 Å². The quantitative estimate of drug-likeness (QED) is 0.314. The maximum Gasteiger partial charge on any atom is -0.00114 e. The first kappa shape index (κ1) is 23.9. The van der Waals surface area contributed by atoms with E-state index in [1.54, 1.807) is 0 Å². The monoisotopic (exact) mass is 410 g/mol. The third-order valence-corrected chi connectivity index (χ3v) is 8.54. The van der Waals surface area contributed by atoms with Crippen molar-refractivity contribution in [1.82, 2.24) is 0 Å². The predicted molar refractivity (Wildman–Crippen MR) is 134 cm³/mol.